The van der Waals surface area contributed by atoms with E-state index in [0.717, 1.165) is 38.5 Å². The molecule has 0 unspecified atom stereocenters. The third-order valence-electron chi connectivity index (χ3n) is 8.51. The van der Waals surface area contributed by atoms with E-state index in [4.69, 9.17) is 11.2 Å². The number of carbonyl (C=O) groups excluding carboxylic acids is 1. The minimum atomic E-state index is -0.858. The lowest BCUT2D eigenvalue weighted by atomic mass is 9.53. The van der Waals surface area contributed by atoms with Crippen molar-refractivity contribution in [3.05, 3.63) is 59.4 Å². The molecule has 0 spiro atoms. The van der Waals surface area contributed by atoms with Gasteiger partial charge in [-0.15, -0.1) is 6.42 Å². The van der Waals surface area contributed by atoms with E-state index in [9.17, 15) is 9.90 Å². The molecule has 4 heteroatoms. The van der Waals surface area contributed by atoms with Crippen molar-refractivity contribution in [3.8, 4) is 18.1 Å². The molecule has 31 heavy (non-hydrogen) atoms. The number of pyridine rings is 1. The molecule has 5 rings (SSSR count). The van der Waals surface area contributed by atoms with Crippen LogP contribution < -0.4 is 4.57 Å². The summed E-state index contributed by atoms with van der Waals surface area (Å²) in [5.41, 5.74) is 2.14. The predicted octanol–water partition coefficient (Wildman–Crippen LogP) is 4.30. The number of aromatic hydroxyl groups is 1. The molecule has 2 saturated carbocycles. The van der Waals surface area contributed by atoms with Crippen molar-refractivity contribution in [3.63, 3.8) is 0 Å². The van der Waals surface area contributed by atoms with E-state index in [1.54, 1.807) is 12.3 Å². The molecule has 3 aliphatic rings. The summed E-state index contributed by atoms with van der Waals surface area (Å²) in [6.07, 6.45) is 15.6. The largest absolute Gasteiger partial charge is 0.508 e. The fourth-order valence-electron chi connectivity index (χ4n) is 6.93. The van der Waals surface area contributed by atoms with Crippen molar-refractivity contribution in [1.82, 2.24) is 0 Å². The number of rotatable bonds is 2. The Bertz CT molecular complexity index is 1090. The van der Waals surface area contributed by atoms with Crippen molar-refractivity contribution < 1.29 is 19.2 Å². The van der Waals surface area contributed by atoms with Gasteiger partial charge >= 0.3 is 5.97 Å². The Morgan fingerprint density at radius 1 is 1.26 bits per heavy atom. The molecule has 1 heterocycles. The molecule has 0 saturated heterocycles. The molecule has 0 bridgehead atoms. The Morgan fingerprint density at radius 3 is 2.87 bits per heavy atom. The normalized spacial score (nSPS) is 33.5. The highest BCUT2D eigenvalue weighted by molar-refractivity contribution is 5.89. The first kappa shape index (κ1) is 20.1. The summed E-state index contributed by atoms with van der Waals surface area (Å²) in [5.74, 6) is 4.47. The predicted molar refractivity (Wildman–Crippen MR) is 117 cm³/mol. The number of phenols is 1. The highest BCUT2D eigenvalue weighted by Gasteiger charge is 2.63. The van der Waals surface area contributed by atoms with Crippen LogP contribution in [-0.2, 0) is 18.2 Å². The minimum absolute atomic E-state index is 0.218. The van der Waals surface area contributed by atoms with Gasteiger partial charge in [-0.3, -0.25) is 0 Å². The van der Waals surface area contributed by atoms with Crippen molar-refractivity contribution in [1.29, 1.82) is 0 Å². The topological polar surface area (TPSA) is 50.4 Å². The first-order valence-corrected chi connectivity index (χ1v) is 11.3. The average Bonchev–Trinajstić information content (AvgIpc) is 3.06. The lowest BCUT2D eigenvalue weighted by molar-refractivity contribution is -0.671. The molecule has 2 aromatic rings. The van der Waals surface area contributed by atoms with Gasteiger partial charge in [0.05, 0.1) is 0 Å². The van der Waals surface area contributed by atoms with Crippen molar-refractivity contribution in [2.45, 2.75) is 57.0 Å². The van der Waals surface area contributed by atoms with E-state index in [0.29, 0.717) is 29.1 Å². The van der Waals surface area contributed by atoms with Crippen LogP contribution in [0.5, 0.6) is 5.75 Å². The summed E-state index contributed by atoms with van der Waals surface area (Å²) in [7, 11) is 1.89. The van der Waals surface area contributed by atoms with Crippen molar-refractivity contribution in [2.75, 3.05) is 0 Å². The van der Waals surface area contributed by atoms with Gasteiger partial charge in [-0.2, -0.15) is 0 Å². The maximum absolute atomic E-state index is 13.1. The highest BCUT2D eigenvalue weighted by Crippen LogP contribution is 2.65. The molecular weight excluding hydrogens is 386 g/mol. The fraction of sp³-hybridized carbons (Fsp3) is 0.481. The molecule has 3 aliphatic carbocycles. The van der Waals surface area contributed by atoms with Gasteiger partial charge in [0, 0.05) is 11.5 Å². The van der Waals surface area contributed by atoms with Gasteiger partial charge in [0.25, 0.3) is 0 Å². The van der Waals surface area contributed by atoms with Gasteiger partial charge in [-0.1, -0.05) is 18.9 Å². The monoisotopic (exact) mass is 416 g/mol. The van der Waals surface area contributed by atoms with Crippen LogP contribution in [0, 0.1) is 29.6 Å². The van der Waals surface area contributed by atoms with E-state index >= 15 is 0 Å². The number of phenolic OH excluding ortho intramolecular Hbond substituents is 1. The Kier molecular flexibility index (Phi) is 4.62. The van der Waals surface area contributed by atoms with E-state index in [1.807, 2.05) is 36.0 Å². The number of terminal acetylenes is 1. The van der Waals surface area contributed by atoms with E-state index in [2.05, 4.69) is 18.9 Å². The summed E-state index contributed by atoms with van der Waals surface area (Å²) in [5, 5.41) is 9.90. The molecule has 4 nitrogen and oxygen atoms in total. The molecule has 160 valence electrons. The van der Waals surface area contributed by atoms with E-state index in [-0.39, 0.29) is 11.4 Å². The number of benzene rings is 1. The third kappa shape index (κ3) is 2.97. The molecular formula is C27H30NO3+. The first-order chi connectivity index (χ1) is 14.9. The molecule has 0 amide bonds. The van der Waals surface area contributed by atoms with Gasteiger partial charge in [-0.05, 0) is 85.6 Å². The number of aryl methyl sites for hydroxylation is 2. The van der Waals surface area contributed by atoms with Crippen molar-refractivity contribution >= 4 is 5.97 Å². The lowest BCUT2D eigenvalue weighted by Crippen LogP contribution is -2.52. The number of hydrogen-bond acceptors (Lipinski definition) is 3. The molecule has 1 aromatic heterocycles. The van der Waals surface area contributed by atoms with Crippen LogP contribution in [0.2, 0.25) is 0 Å². The standard InChI is InChI=1S/C27H29NO3/c1-4-27(31-25(30)19-6-5-15-28(3)17-19)14-12-24-23-9-7-18-16-20(29)8-10-21(18)22(23)11-13-26(24,27)2/h1,5-6,8,10,15-17,22-24H,7,9,11-14H2,2-3H3/p+1/t22-,23-,24+,26+,27+/m1/s1. The SMILES string of the molecule is C#C[C@]1(OC(=O)c2ccc[n+](C)c2)CC[C@H]2[C@@H]3CCc4cc(O)ccc4[C@H]3CC[C@@]21C. The number of esters is 1. The summed E-state index contributed by atoms with van der Waals surface area (Å²) in [6, 6.07) is 9.49. The zero-order valence-electron chi connectivity index (χ0n) is 18.3. The quantitative estimate of drug-likeness (QED) is 0.451. The molecule has 2 fully saturated rings. The van der Waals surface area contributed by atoms with Crippen LogP contribution in [0.1, 0.15) is 66.4 Å². The highest BCUT2D eigenvalue weighted by atomic mass is 16.6. The second-order valence-electron chi connectivity index (χ2n) is 9.91. The molecule has 0 aliphatic heterocycles. The molecule has 1 aromatic carbocycles. The van der Waals surface area contributed by atoms with Gasteiger partial charge < -0.3 is 9.84 Å². The second kappa shape index (κ2) is 7.12. The minimum Gasteiger partial charge on any atom is -0.508 e. The number of fused-ring (bicyclic) bond motifs is 5. The number of aromatic nitrogens is 1. The maximum atomic E-state index is 13.1. The van der Waals surface area contributed by atoms with Gasteiger partial charge in [0.1, 0.15) is 18.4 Å². The number of carbonyl (C=O) groups is 1. The van der Waals surface area contributed by atoms with Gasteiger partial charge in [0.15, 0.2) is 18.0 Å². The number of nitrogens with zero attached hydrogens (tertiary/aromatic N) is 1. The lowest BCUT2D eigenvalue weighted by Gasteiger charge is -2.52. The molecule has 5 atom stereocenters. The first-order valence-electron chi connectivity index (χ1n) is 11.3. The Hall–Kier alpha value is -2.80. The van der Waals surface area contributed by atoms with Crippen LogP contribution in [0.15, 0.2) is 42.7 Å². The zero-order chi connectivity index (χ0) is 21.8. The van der Waals surface area contributed by atoms with Gasteiger partial charge in [-0.25, -0.2) is 9.36 Å². The van der Waals surface area contributed by atoms with Crippen LogP contribution in [0.4, 0.5) is 0 Å². The summed E-state index contributed by atoms with van der Waals surface area (Å²) in [6.45, 7) is 2.26. The smallest absolute Gasteiger partial charge is 0.345 e. The Labute approximate surface area is 184 Å². The van der Waals surface area contributed by atoms with E-state index < -0.39 is 5.60 Å². The average molecular weight is 417 g/mol. The van der Waals surface area contributed by atoms with Crippen LogP contribution in [-0.4, -0.2) is 16.7 Å². The molecule has 1 N–H and O–H groups in total. The van der Waals surface area contributed by atoms with Crippen LogP contribution >= 0.6 is 0 Å². The Morgan fingerprint density at radius 2 is 2.10 bits per heavy atom. The number of ether oxygens (including phenoxy) is 1. The maximum Gasteiger partial charge on any atom is 0.345 e. The van der Waals surface area contributed by atoms with Gasteiger partial charge in [0.2, 0.25) is 0 Å². The zero-order valence-corrected chi connectivity index (χ0v) is 18.3. The number of hydrogen-bond donors (Lipinski definition) is 1. The van der Waals surface area contributed by atoms with Crippen LogP contribution in [0.3, 0.4) is 0 Å². The molecule has 0 radical (unpaired) electrons. The Balaban J connectivity index is 1.45. The third-order valence-corrected chi connectivity index (χ3v) is 8.51. The summed E-state index contributed by atoms with van der Waals surface area (Å²) < 4.78 is 8.05. The fourth-order valence-corrected chi connectivity index (χ4v) is 6.93. The summed E-state index contributed by atoms with van der Waals surface area (Å²) >= 11 is 0. The van der Waals surface area contributed by atoms with Crippen LogP contribution in [0.25, 0.3) is 0 Å². The summed E-state index contributed by atoms with van der Waals surface area (Å²) in [4.78, 5) is 13.1. The van der Waals surface area contributed by atoms with Crippen molar-refractivity contribution in [2.24, 2.45) is 24.3 Å². The second-order valence-corrected chi connectivity index (χ2v) is 9.91. The van der Waals surface area contributed by atoms with E-state index in [1.165, 1.54) is 11.1 Å².